The summed E-state index contributed by atoms with van der Waals surface area (Å²) < 4.78 is 31.7. The monoisotopic (exact) mass is 517 g/mol. The van der Waals surface area contributed by atoms with Crippen LogP contribution in [0.25, 0.3) is 0 Å². The summed E-state index contributed by atoms with van der Waals surface area (Å²) in [6.45, 7) is 7.84. The molecule has 0 bridgehead atoms. The number of carbonyl (C=O) groups excluding carboxylic acids is 1. The number of alkyl halides is 3. The van der Waals surface area contributed by atoms with Gasteiger partial charge in [0.05, 0.1) is 11.6 Å². The van der Waals surface area contributed by atoms with Gasteiger partial charge in [-0.1, -0.05) is 6.07 Å². The van der Waals surface area contributed by atoms with Gasteiger partial charge in [-0.2, -0.15) is 18.4 Å². The lowest BCUT2D eigenvalue weighted by Gasteiger charge is -2.29. The van der Waals surface area contributed by atoms with Crippen LogP contribution in [0.1, 0.15) is 37.3 Å². The van der Waals surface area contributed by atoms with Crippen LogP contribution in [-0.2, 0) is 4.79 Å². The third-order valence-corrected chi connectivity index (χ3v) is 6.52. The summed E-state index contributed by atoms with van der Waals surface area (Å²) in [4.78, 5) is 26.4. The van der Waals surface area contributed by atoms with Crippen LogP contribution in [0.5, 0.6) is 0 Å². The number of carboxylic acid groups (broad SMARTS) is 1. The fraction of sp³-hybridized carbons (Fsp3) is 0.423. The first kappa shape index (κ1) is 27.8. The average molecular weight is 518 g/mol. The highest BCUT2D eigenvalue weighted by Gasteiger charge is 2.38. The number of aryl methyl sites for hydroxylation is 1. The lowest BCUT2D eigenvalue weighted by Crippen LogP contribution is -2.39. The molecule has 37 heavy (non-hydrogen) atoms. The third-order valence-electron chi connectivity index (χ3n) is 6.52. The van der Waals surface area contributed by atoms with Gasteiger partial charge in [-0.05, 0) is 81.6 Å². The maximum absolute atomic E-state index is 12.3. The first-order valence-electron chi connectivity index (χ1n) is 12.0. The molecular weight excluding hydrogens is 487 g/mol. The molecule has 198 valence electrons. The van der Waals surface area contributed by atoms with Gasteiger partial charge in [-0.3, -0.25) is 4.90 Å². The van der Waals surface area contributed by atoms with Crippen LogP contribution in [0, 0.1) is 18.3 Å². The molecular formula is C26H30F3N5O3. The number of benzene rings is 2. The van der Waals surface area contributed by atoms with Crippen molar-refractivity contribution in [1.29, 1.82) is 5.26 Å². The van der Waals surface area contributed by atoms with Crippen molar-refractivity contribution in [1.82, 2.24) is 4.90 Å². The fourth-order valence-electron chi connectivity index (χ4n) is 4.78. The number of nitrogens with one attached hydrogen (secondary N) is 2. The van der Waals surface area contributed by atoms with Crippen molar-refractivity contribution >= 4 is 29.1 Å². The highest BCUT2D eigenvalue weighted by atomic mass is 19.4. The number of amides is 2. The largest absolute Gasteiger partial charge is 0.490 e. The summed E-state index contributed by atoms with van der Waals surface area (Å²) in [6.07, 6.45) is -1.23. The highest BCUT2D eigenvalue weighted by molar-refractivity contribution is 6.00. The normalized spacial score (nSPS) is 19.5. The third kappa shape index (κ3) is 7.60. The van der Waals surface area contributed by atoms with Crippen LogP contribution < -0.4 is 15.5 Å². The second-order valence-electron chi connectivity index (χ2n) is 9.19. The molecule has 0 spiro atoms. The number of anilines is 3. The van der Waals surface area contributed by atoms with E-state index in [1.165, 1.54) is 31.5 Å². The van der Waals surface area contributed by atoms with Crippen molar-refractivity contribution in [2.45, 2.75) is 51.4 Å². The molecule has 0 aliphatic carbocycles. The van der Waals surface area contributed by atoms with Gasteiger partial charge in [0, 0.05) is 42.2 Å². The van der Waals surface area contributed by atoms with Crippen molar-refractivity contribution in [2.75, 3.05) is 35.2 Å². The average Bonchev–Trinajstić information content (AvgIpc) is 3.48. The number of rotatable bonds is 4. The van der Waals surface area contributed by atoms with Crippen LogP contribution in [0.3, 0.4) is 0 Å². The smallest absolute Gasteiger partial charge is 0.475 e. The van der Waals surface area contributed by atoms with Gasteiger partial charge >= 0.3 is 18.2 Å². The molecule has 0 radical (unpaired) electrons. The highest BCUT2D eigenvalue weighted by Crippen LogP contribution is 2.31. The quantitative estimate of drug-likeness (QED) is 0.514. The van der Waals surface area contributed by atoms with Crippen molar-refractivity contribution < 1.29 is 27.9 Å². The molecule has 2 saturated heterocycles. The molecule has 2 fully saturated rings. The van der Waals surface area contributed by atoms with Gasteiger partial charge in [0.15, 0.2) is 0 Å². The maximum atomic E-state index is 12.3. The molecule has 2 heterocycles. The number of hydrogen-bond acceptors (Lipinski definition) is 5. The number of urea groups is 1. The van der Waals surface area contributed by atoms with E-state index in [0.29, 0.717) is 23.3 Å². The number of halogens is 3. The molecule has 2 aliphatic heterocycles. The van der Waals surface area contributed by atoms with E-state index in [4.69, 9.17) is 15.2 Å². The number of nitrogens with zero attached hydrogens (tertiary/aromatic N) is 3. The molecule has 4 rings (SSSR count). The zero-order chi connectivity index (χ0) is 27.2. The predicted octanol–water partition coefficient (Wildman–Crippen LogP) is 5.21. The number of likely N-dealkylation sites (tertiary alicyclic amines) is 1. The van der Waals surface area contributed by atoms with E-state index in [-0.39, 0.29) is 6.03 Å². The van der Waals surface area contributed by atoms with Crippen molar-refractivity contribution in [2.24, 2.45) is 0 Å². The van der Waals surface area contributed by atoms with Gasteiger partial charge in [-0.15, -0.1) is 0 Å². The number of aliphatic carboxylic acids is 1. The molecule has 0 aromatic heterocycles. The van der Waals surface area contributed by atoms with Crippen molar-refractivity contribution in [3.63, 3.8) is 0 Å². The molecule has 8 nitrogen and oxygen atoms in total. The molecule has 2 unspecified atom stereocenters. The van der Waals surface area contributed by atoms with Crippen molar-refractivity contribution in [3.05, 3.63) is 53.6 Å². The molecule has 11 heteroatoms. The van der Waals surface area contributed by atoms with Crippen LogP contribution in [-0.4, -0.2) is 59.9 Å². The van der Waals surface area contributed by atoms with Gasteiger partial charge in [0.1, 0.15) is 0 Å². The van der Waals surface area contributed by atoms with E-state index in [9.17, 15) is 18.0 Å². The summed E-state index contributed by atoms with van der Waals surface area (Å²) in [5.41, 5.74) is 4.28. The van der Waals surface area contributed by atoms with E-state index in [2.05, 4.69) is 46.4 Å². The van der Waals surface area contributed by atoms with Gasteiger partial charge < -0.3 is 20.6 Å². The molecule has 2 aromatic rings. The Bertz CT molecular complexity index is 1160. The minimum Gasteiger partial charge on any atom is -0.475 e. The van der Waals surface area contributed by atoms with Gasteiger partial charge in [0.2, 0.25) is 0 Å². The molecule has 2 aromatic carbocycles. The Morgan fingerprint density at radius 2 is 1.76 bits per heavy atom. The zero-order valence-electron chi connectivity index (χ0n) is 20.7. The number of carboxylic acids is 1. The molecule has 2 aliphatic rings. The molecule has 3 N–H and O–H groups in total. The predicted molar refractivity (Wildman–Crippen MR) is 135 cm³/mol. The summed E-state index contributed by atoms with van der Waals surface area (Å²) in [5.74, 6) is -2.76. The van der Waals surface area contributed by atoms with Crippen LogP contribution in [0.4, 0.5) is 35.0 Å². The Morgan fingerprint density at radius 1 is 1.08 bits per heavy atom. The second kappa shape index (κ2) is 12.0. The zero-order valence-corrected chi connectivity index (χ0v) is 20.7. The van der Waals surface area contributed by atoms with E-state index in [1.54, 1.807) is 24.3 Å². The second-order valence-corrected chi connectivity index (χ2v) is 9.19. The first-order chi connectivity index (χ1) is 17.5. The lowest BCUT2D eigenvalue weighted by atomic mass is 10.1. The van der Waals surface area contributed by atoms with Crippen LogP contribution in [0.15, 0.2) is 42.5 Å². The number of nitriles is 1. The summed E-state index contributed by atoms with van der Waals surface area (Å²) in [6, 6.07) is 16.1. The Labute approximate surface area is 213 Å². The van der Waals surface area contributed by atoms with Gasteiger partial charge in [0.25, 0.3) is 0 Å². The Balaban J connectivity index is 0.000000479. The SMILES string of the molecule is Cc1cc(NC(=O)Nc2cccc(C#N)c2)ccc1N1CCC(N2CCCC2C)C1.O=C(O)C(F)(F)F. The Morgan fingerprint density at radius 3 is 2.32 bits per heavy atom. The number of hydrogen-bond donors (Lipinski definition) is 3. The Kier molecular flexibility index (Phi) is 8.99. The maximum Gasteiger partial charge on any atom is 0.490 e. The summed E-state index contributed by atoms with van der Waals surface area (Å²) in [5, 5.41) is 21.8. The summed E-state index contributed by atoms with van der Waals surface area (Å²) in [7, 11) is 0. The fourth-order valence-corrected chi connectivity index (χ4v) is 4.78. The minimum absolute atomic E-state index is 0.318. The Hall–Kier alpha value is -3.78. The van der Waals surface area contributed by atoms with Crippen molar-refractivity contribution in [3.8, 4) is 6.07 Å². The van der Waals surface area contributed by atoms with E-state index >= 15 is 0 Å². The topological polar surface area (TPSA) is 109 Å². The lowest BCUT2D eigenvalue weighted by molar-refractivity contribution is -0.192. The summed E-state index contributed by atoms with van der Waals surface area (Å²) >= 11 is 0. The van der Waals surface area contributed by atoms with Crippen LogP contribution >= 0.6 is 0 Å². The first-order valence-corrected chi connectivity index (χ1v) is 12.0. The van der Waals surface area contributed by atoms with E-state index in [1.807, 2.05) is 12.1 Å². The van der Waals surface area contributed by atoms with Gasteiger partial charge in [-0.25, -0.2) is 9.59 Å². The van der Waals surface area contributed by atoms with E-state index < -0.39 is 12.1 Å². The minimum atomic E-state index is -5.08. The van der Waals surface area contributed by atoms with E-state index in [0.717, 1.165) is 24.3 Å². The molecule has 2 atom stereocenters. The molecule has 2 amide bonds. The van der Waals surface area contributed by atoms with Crippen LogP contribution in [0.2, 0.25) is 0 Å². The molecule has 0 saturated carbocycles. The standard InChI is InChI=1S/C24H29N5O.C2HF3O2/c1-17-13-21(27-24(30)26-20-7-3-6-19(14-20)15-25)8-9-23(17)28-12-10-22(16-28)29-11-4-5-18(29)2;3-2(4,5)1(6)7/h3,6-9,13-14,18,22H,4-5,10-12,16H2,1-2H3,(H2,26,27,30);(H,6,7). The number of carbonyl (C=O) groups is 2.